The first-order valence-corrected chi connectivity index (χ1v) is 6.34. The highest BCUT2D eigenvalue weighted by Gasteiger charge is 2.31. The molecule has 0 aliphatic carbocycles. The van der Waals surface area contributed by atoms with E-state index in [1.807, 2.05) is 0 Å². The second-order valence-corrected chi connectivity index (χ2v) is 4.67. The fraction of sp³-hybridized carbons (Fsp3) is 0.462. The van der Waals surface area contributed by atoms with Gasteiger partial charge < -0.3 is 10.1 Å². The lowest BCUT2D eigenvalue weighted by atomic mass is 10.1. The van der Waals surface area contributed by atoms with Crippen molar-refractivity contribution in [3.05, 3.63) is 34.9 Å². The minimum Gasteiger partial charge on any atom is -0.455 e. The number of carbonyl (C=O) groups is 1. The normalized spacial score (nSPS) is 13.1. The first-order chi connectivity index (χ1) is 9.31. The highest BCUT2D eigenvalue weighted by Crippen LogP contribution is 2.16. The van der Waals surface area contributed by atoms with Crippen LogP contribution >= 0.6 is 11.6 Å². The Morgan fingerprint density at radius 1 is 1.35 bits per heavy atom. The zero-order chi connectivity index (χ0) is 15.2. The van der Waals surface area contributed by atoms with Gasteiger partial charge in [-0.2, -0.15) is 13.2 Å². The minimum atomic E-state index is -4.51. The number of rotatable bonds is 6. The van der Waals surface area contributed by atoms with E-state index in [1.54, 1.807) is 24.3 Å². The fourth-order valence-corrected chi connectivity index (χ4v) is 1.72. The Hall–Kier alpha value is -1.27. The quantitative estimate of drug-likeness (QED) is 0.821. The summed E-state index contributed by atoms with van der Waals surface area (Å²) in [4.78, 5) is 11.5. The van der Waals surface area contributed by atoms with E-state index in [0.29, 0.717) is 17.9 Å². The Bertz CT molecular complexity index is 434. The highest BCUT2D eigenvalue weighted by molar-refractivity contribution is 6.30. The van der Waals surface area contributed by atoms with Gasteiger partial charge in [0.2, 0.25) is 0 Å². The maximum atomic E-state index is 12.0. The molecule has 0 fully saturated rings. The van der Waals surface area contributed by atoms with Gasteiger partial charge in [0.1, 0.15) is 6.04 Å². The Kier molecular flexibility index (Phi) is 6.29. The Balaban J connectivity index is 2.46. The summed E-state index contributed by atoms with van der Waals surface area (Å²) in [5.74, 6) is -0.904. The molecule has 0 heterocycles. The molecule has 0 amide bonds. The molecular weight excluding hydrogens is 295 g/mol. The third-order valence-electron chi connectivity index (χ3n) is 2.65. The van der Waals surface area contributed by atoms with Crippen LogP contribution in [0.5, 0.6) is 0 Å². The fourth-order valence-electron chi connectivity index (χ4n) is 1.60. The number of benzene rings is 1. The molecule has 0 saturated heterocycles. The number of carbonyl (C=O) groups excluding carboxylic acids is 1. The maximum absolute atomic E-state index is 12.0. The molecule has 1 atom stereocenters. The van der Waals surface area contributed by atoms with Gasteiger partial charge >= 0.3 is 12.1 Å². The highest BCUT2D eigenvalue weighted by atomic mass is 35.5. The molecule has 0 saturated carbocycles. The van der Waals surface area contributed by atoms with Crippen LogP contribution < -0.4 is 5.32 Å². The number of hydrogen-bond donors (Lipinski definition) is 1. The van der Waals surface area contributed by atoms with E-state index < -0.39 is 24.8 Å². The molecule has 7 heteroatoms. The topological polar surface area (TPSA) is 38.3 Å². The average molecular weight is 310 g/mol. The van der Waals surface area contributed by atoms with Crippen LogP contribution in [0.2, 0.25) is 5.02 Å². The molecule has 0 unspecified atom stereocenters. The Morgan fingerprint density at radius 3 is 2.45 bits per heavy atom. The lowest BCUT2D eigenvalue weighted by molar-refractivity contribution is -0.187. The van der Waals surface area contributed by atoms with Crippen LogP contribution in [-0.2, 0) is 16.0 Å². The van der Waals surface area contributed by atoms with Crippen LogP contribution in [0.1, 0.15) is 12.0 Å². The summed E-state index contributed by atoms with van der Waals surface area (Å²) in [7, 11) is 1.50. The van der Waals surface area contributed by atoms with Crippen molar-refractivity contribution < 1.29 is 22.7 Å². The summed E-state index contributed by atoms with van der Waals surface area (Å²) in [5, 5.41) is 3.25. The van der Waals surface area contributed by atoms with Crippen molar-refractivity contribution in [1.82, 2.24) is 5.32 Å². The monoisotopic (exact) mass is 309 g/mol. The zero-order valence-corrected chi connectivity index (χ0v) is 11.6. The predicted octanol–water partition coefficient (Wildman–Crippen LogP) is 2.97. The first kappa shape index (κ1) is 16.8. The van der Waals surface area contributed by atoms with Crippen molar-refractivity contribution in [2.24, 2.45) is 0 Å². The van der Waals surface area contributed by atoms with Gasteiger partial charge in [-0.3, -0.25) is 4.79 Å². The molecule has 0 aliphatic rings. The van der Waals surface area contributed by atoms with Crippen molar-refractivity contribution in [2.45, 2.75) is 25.1 Å². The number of aryl methyl sites for hydroxylation is 1. The second-order valence-electron chi connectivity index (χ2n) is 4.23. The average Bonchev–Trinajstić information content (AvgIpc) is 2.38. The van der Waals surface area contributed by atoms with Crippen LogP contribution in [0.4, 0.5) is 13.2 Å². The zero-order valence-electron chi connectivity index (χ0n) is 10.8. The molecule has 0 radical (unpaired) electrons. The van der Waals surface area contributed by atoms with Crippen molar-refractivity contribution >= 4 is 17.6 Å². The van der Waals surface area contributed by atoms with Crippen molar-refractivity contribution in [2.75, 3.05) is 13.7 Å². The molecular formula is C13H15ClF3NO2. The molecule has 1 N–H and O–H groups in total. The Labute approximate surface area is 120 Å². The van der Waals surface area contributed by atoms with E-state index in [1.165, 1.54) is 7.05 Å². The second kappa shape index (κ2) is 7.50. The first-order valence-electron chi connectivity index (χ1n) is 5.97. The summed E-state index contributed by atoms with van der Waals surface area (Å²) in [6.07, 6.45) is -3.64. The van der Waals surface area contributed by atoms with E-state index in [4.69, 9.17) is 11.6 Å². The van der Waals surface area contributed by atoms with Crippen LogP contribution in [0.3, 0.4) is 0 Å². The number of likely N-dealkylation sites (N-methyl/N-ethyl adjacent to an activating group) is 1. The van der Waals surface area contributed by atoms with Gasteiger partial charge in [-0.05, 0) is 37.6 Å². The van der Waals surface area contributed by atoms with Crippen molar-refractivity contribution in [1.29, 1.82) is 0 Å². The molecule has 20 heavy (non-hydrogen) atoms. The van der Waals surface area contributed by atoms with E-state index in [9.17, 15) is 18.0 Å². The predicted molar refractivity (Wildman–Crippen MR) is 69.6 cm³/mol. The number of hydrogen-bond acceptors (Lipinski definition) is 3. The van der Waals surface area contributed by atoms with E-state index in [-0.39, 0.29) is 0 Å². The largest absolute Gasteiger partial charge is 0.455 e. The molecule has 3 nitrogen and oxygen atoms in total. The Morgan fingerprint density at radius 2 is 1.95 bits per heavy atom. The van der Waals surface area contributed by atoms with Crippen LogP contribution in [-0.4, -0.2) is 31.8 Å². The van der Waals surface area contributed by atoms with E-state index in [2.05, 4.69) is 10.1 Å². The number of ether oxygens (including phenoxy) is 1. The van der Waals surface area contributed by atoms with Gasteiger partial charge in [0.15, 0.2) is 6.61 Å². The summed E-state index contributed by atoms with van der Waals surface area (Å²) in [5.41, 5.74) is 0.943. The van der Waals surface area contributed by atoms with Crippen molar-refractivity contribution in [3.63, 3.8) is 0 Å². The number of halogens is 4. The summed E-state index contributed by atoms with van der Waals surface area (Å²) in [6.45, 7) is -1.56. The third-order valence-corrected chi connectivity index (χ3v) is 2.90. The minimum absolute atomic E-state index is 0.342. The van der Waals surface area contributed by atoms with Crippen LogP contribution in [0.15, 0.2) is 24.3 Å². The van der Waals surface area contributed by atoms with E-state index >= 15 is 0 Å². The molecule has 1 aromatic carbocycles. The van der Waals surface area contributed by atoms with Gasteiger partial charge in [-0.1, -0.05) is 23.7 Å². The van der Waals surface area contributed by atoms with E-state index in [0.717, 1.165) is 5.56 Å². The molecule has 1 rings (SSSR count). The van der Waals surface area contributed by atoms with Gasteiger partial charge in [0.25, 0.3) is 0 Å². The summed E-state index contributed by atoms with van der Waals surface area (Å²) >= 11 is 5.74. The van der Waals surface area contributed by atoms with Crippen LogP contribution in [0.25, 0.3) is 0 Å². The molecule has 0 aromatic heterocycles. The molecule has 0 bridgehead atoms. The smallest absolute Gasteiger partial charge is 0.422 e. The van der Waals surface area contributed by atoms with Gasteiger partial charge in [0.05, 0.1) is 0 Å². The van der Waals surface area contributed by atoms with Crippen molar-refractivity contribution in [3.8, 4) is 0 Å². The van der Waals surface area contributed by atoms with Crippen LogP contribution in [0, 0.1) is 0 Å². The molecule has 112 valence electrons. The third kappa shape index (κ3) is 6.25. The SMILES string of the molecule is CN[C@@H](CCc1ccc(Cl)cc1)C(=O)OCC(F)(F)F. The molecule has 1 aromatic rings. The van der Waals surface area contributed by atoms with Gasteiger partial charge in [-0.15, -0.1) is 0 Å². The number of esters is 1. The standard InChI is InChI=1S/C13H15ClF3NO2/c1-18-11(12(19)20-8-13(15,16)17)7-4-9-2-5-10(14)6-3-9/h2-3,5-6,11,18H,4,7-8H2,1H3/t11-/m0/s1. The molecule has 0 spiro atoms. The lowest BCUT2D eigenvalue weighted by Crippen LogP contribution is -2.37. The maximum Gasteiger partial charge on any atom is 0.422 e. The summed E-state index contributed by atoms with van der Waals surface area (Å²) in [6, 6.07) is 6.26. The summed E-state index contributed by atoms with van der Waals surface area (Å²) < 4.78 is 40.1. The lowest BCUT2D eigenvalue weighted by Gasteiger charge is -2.16. The van der Waals surface area contributed by atoms with Gasteiger partial charge in [0, 0.05) is 5.02 Å². The number of nitrogens with one attached hydrogen (secondary N) is 1. The van der Waals surface area contributed by atoms with Gasteiger partial charge in [-0.25, -0.2) is 0 Å². The molecule has 0 aliphatic heterocycles. The number of alkyl halides is 3.